The molecule has 0 radical (unpaired) electrons. The minimum atomic E-state index is -0.649. The zero-order valence-corrected chi connectivity index (χ0v) is 14.5. The summed E-state index contributed by atoms with van der Waals surface area (Å²) in [5.41, 5.74) is 6.07. The highest BCUT2D eigenvalue weighted by Crippen LogP contribution is 2.36. The van der Waals surface area contributed by atoms with Crippen molar-refractivity contribution in [1.82, 2.24) is 10.3 Å². The van der Waals surface area contributed by atoms with Crippen LogP contribution in [0.3, 0.4) is 0 Å². The highest BCUT2D eigenvalue weighted by molar-refractivity contribution is 6.32. The number of amides is 2. The van der Waals surface area contributed by atoms with Gasteiger partial charge in [-0.05, 0) is 31.2 Å². The number of pyridine rings is 1. The van der Waals surface area contributed by atoms with Gasteiger partial charge in [0.15, 0.2) is 18.1 Å². The molecule has 0 fully saturated rings. The van der Waals surface area contributed by atoms with Gasteiger partial charge in [0.25, 0.3) is 11.8 Å². The van der Waals surface area contributed by atoms with E-state index in [4.69, 9.17) is 26.8 Å². The fourth-order valence-corrected chi connectivity index (χ4v) is 2.39. The molecule has 8 heteroatoms. The lowest BCUT2D eigenvalue weighted by molar-refractivity contribution is -0.119. The van der Waals surface area contributed by atoms with Gasteiger partial charge in [-0.2, -0.15) is 0 Å². The Kier molecular flexibility index (Phi) is 6.19. The first-order valence-electron chi connectivity index (χ1n) is 7.42. The van der Waals surface area contributed by atoms with E-state index in [0.717, 1.165) is 5.69 Å². The van der Waals surface area contributed by atoms with Gasteiger partial charge in [-0.3, -0.25) is 14.6 Å². The molecule has 1 heterocycles. The SMILES string of the molecule is COc1cc(C(=O)NC(C)c2ccccn2)cc(Cl)c1OCC(N)=O. The quantitative estimate of drug-likeness (QED) is 0.784. The summed E-state index contributed by atoms with van der Waals surface area (Å²) in [7, 11) is 1.40. The van der Waals surface area contributed by atoms with Crippen molar-refractivity contribution >= 4 is 23.4 Å². The molecule has 0 saturated carbocycles. The van der Waals surface area contributed by atoms with Crippen LogP contribution in [0.5, 0.6) is 11.5 Å². The number of carbonyl (C=O) groups is 2. The van der Waals surface area contributed by atoms with Crippen molar-refractivity contribution in [2.45, 2.75) is 13.0 Å². The molecule has 0 bridgehead atoms. The maximum Gasteiger partial charge on any atom is 0.255 e. The third-order valence-electron chi connectivity index (χ3n) is 3.33. The van der Waals surface area contributed by atoms with E-state index >= 15 is 0 Å². The van der Waals surface area contributed by atoms with Crippen LogP contribution in [0.2, 0.25) is 5.02 Å². The zero-order valence-electron chi connectivity index (χ0n) is 13.8. The zero-order chi connectivity index (χ0) is 18.4. The molecular weight excluding hydrogens is 346 g/mol. The Morgan fingerprint density at radius 1 is 1.36 bits per heavy atom. The lowest BCUT2D eigenvalue weighted by atomic mass is 10.1. The summed E-state index contributed by atoms with van der Waals surface area (Å²) in [5.74, 6) is -0.620. The predicted molar refractivity (Wildman–Crippen MR) is 92.8 cm³/mol. The van der Waals surface area contributed by atoms with Gasteiger partial charge in [0.1, 0.15) is 0 Å². The smallest absolute Gasteiger partial charge is 0.255 e. The number of nitrogens with zero attached hydrogens (tertiary/aromatic N) is 1. The number of nitrogens with one attached hydrogen (secondary N) is 1. The topological polar surface area (TPSA) is 104 Å². The summed E-state index contributed by atoms with van der Waals surface area (Å²) in [6, 6.07) is 8.08. The van der Waals surface area contributed by atoms with Crippen LogP contribution in [0, 0.1) is 0 Å². The minimum absolute atomic E-state index is 0.135. The van der Waals surface area contributed by atoms with Crippen molar-refractivity contribution in [3.63, 3.8) is 0 Å². The van der Waals surface area contributed by atoms with E-state index in [1.807, 2.05) is 19.1 Å². The van der Waals surface area contributed by atoms with Gasteiger partial charge in [0.2, 0.25) is 0 Å². The fourth-order valence-electron chi connectivity index (χ4n) is 2.12. The van der Waals surface area contributed by atoms with Crippen LogP contribution >= 0.6 is 11.6 Å². The number of carbonyl (C=O) groups excluding carboxylic acids is 2. The molecule has 3 N–H and O–H groups in total. The normalized spacial score (nSPS) is 11.5. The average molecular weight is 364 g/mol. The first kappa shape index (κ1) is 18.5. The van der Waals surface area contributed by atoms with E-state index in [-0.39, 0.29) is 40.6 Å². The number of hydrogen-bond acceptors (Lipinski definition) is 5. The van der Waals surface area contributed by atoms with E-state index in [0.29, 0.717) is 0 Å². The Bertz CT molecular complexity index is 768. The molecule has 0 spiro atoms. The van der Waals surface area contributed by atoms with Gasteiger partial charge in [0.05, 0.1) is 23.9 Å². The van der Waals surface area contributed by atoms with Crippen LogP contribution in [-0.4, -0.2) is 30.5 Å². The number of ether oxygens (including phenoxy) is 2. The average Bonchev–Trinajstić information content (AvgIpc) is 2.60. The summed E-state index contributed by atoms with van der Waals surface area (Å²) in [5, 5.41) is 2.97. The van der Waals surface area contributed by atoms with Crippen LogP contribution in [0.1, 0.15) is 29.0 Å². The van der Waals surface area contributed by atoms with Crippen molar-refractivity contribution in [2.75, 3.05) is 13.7 Å². The molecule has 0 aliphatic heterocycles. The van der Waals surface area contributed by atoms with Gasteiger partial charge in [0, 0.05) is 11.8 Å². The van der Waals surface area contributed by atoms with Crippen LogP contribution in [0.25, 0.3) is 0 Å². The second-order valence-electron chi connectivity index (χ2n) is 5.19. The molecule has 0 aliphatic rings. The van der Waals surface area contributed by atoms with Gasteiger partial charge in [-0.15, -0.1) is 0 Å². The number of nitrogens with two attached hydrogens (primary N) is 1. The molecule has 2 rings (SSSR count). The molecule has 7 nitrogen and oxygen atoms in total. The molecule has 0 aliphatic carbocycles. The largest absolute Gasteiger partial charge is 0.493 e. The molecule has 2 amide bonds. The summed E-state index contributed by atoms with van der Waals surface area (Å²) in [6.45, 7) is 1.47. The van der Waals surface area contributed by atoms with Crippen LogP contribution in [0.15, 0.2) is 36.5 Å². The second-order valence-corrected chi connectivity index (χ2v) is 5.60. The molecule has 1 atom stereocenters. The standard InChI is InChI=1S/C17H18ClN3O4/c1-10(13-5-3-4-6-20-13)21-17(23)11-7-12(18)16(14(8-11)24-2)25-9-15(19)22/h3-8,10H,9H2,1-2H3,(H2,19,22)(H,21,23). The van der Waals surface area contributed by atoms with E-state index in [1.165, 1.54) is 19.2 Å². The van der Waals surface area contributed by atoms with Gasteiger partial charge in [-0.25, -0.2) is 0 Å². The Hall–Kier alpha value is -2.80. The monoisotopic (exact) mass is 363 g/mol. The maximum atomic E-state index is 12.5. The molecule has 1 unspecified atom stereocenters. The maximum absolute atomic E-state index is 12.5. The highest BCUT2D eigenvalue weighted by atomic mass is 35.5. The molecular formula is C17H18ClN3O4. The molecule has 2 aromatic rings. The van der Waals surface area contributed by atoms with Crippen molar-refractivity contribution < 1.29 is 19.1 Å². The number of benzene rings is 1. The molecule has 1 aromatic heterocycles. The lowest BCUT2D eigenvalue weighted by Gasteiger charge is -2.16. The third-order valence-corrected chi connectivity index (χ3v) is 3.61. The van der Waals surface area contributed by atoms with Crippen LogP contribution in [0.4, 0.5) is 0 Å². The summed E-state index contributed by atoms with van der Waals surface area (Å²) >= 11 is 6.14. The van der Waals surface area contributed by atoms with E-state index in [1.54, 1.807) is 12.3 Å². The Labute approximate surface area is 150 Å². The lowest BCUT2D eigenvalue weighted by Crippen LogP contribution is -2.27. The third kappa shape index (κ3) is 4.84. The number of methoxy groups -OCH3 is 1. The van der Waals surface area contributed by atoms with Gasteiger partial charge < -0.3 is 20.5 Å². The van der Waals surface area contributed by atoms with Gasteiger partial charge in [-0.1, -0.05) is 17.7 Å². The van der Waals surface area contributed by atoms with Crippen molar-refractivity contribution in [1.29, 1.82) is 0 Å². The summed E-state index contributed by atoms with van der Waals surface area (Å²) < 4.78 is 10.4. The number of hydrogen-bond donors (Lipinski definition) is 2. The van der Waals surface area contributed by atoms with E-state index in [2.05, 4.69) is 10.3 Å². The molecule has 0 saturated heterocycles. The highest BCUT2D eigenvalue weighted by Gasteiger charge is 2.18. The van der Waals surface area contributed by atoms with Crippen molar-refractivity contribution in [2.24, 2.45) is 5.73 Å². The van der Waals surface area contributed by atoms with Gasteiger partial charge >= 0.3 is 0 Å². The molecule has 1 aromatic carbocycles. The Morgan fingerprint density at radius 2 is 2.12 bits per heavy atom. The molecule has 25 heavy (non-hydrogen) atoms. The number of rotatable bonds is 7. The summed E-state index contributed by atoms with van der Waals surface area (Å²) in [4.78, 5) is 27.5. The number of aromatic nitrogens is 1. The van der Waals surface area contributed by atoms with Crippen LogP contribution < -0.4 is 20.5 Å². The Balaban J connectivity index is 2.19. The number of halogens is 1. The first-order valence-corrected chi connectivity index (χ1v) is 7.80. The van der Waals surface area contributed by atoms with Crippen molar-refractivity contribution in [3.05, 3.63) is 52.8 Å². The second kappa shape index (κ2) is 8.34. The molecule has 132 valence electrons. The number of primary amides is 1. The predicted octanol–water partition coefficient (Wildman–Crippen LogP) is 2.10. The Morgan fingerprint density at radius 3 is 2.72 bits per heavy atom. The van der Waals surface area contributed by atoms with Crippen molar-refractivity contribution in [3.8, 4) is 11.5 Å². The minimum Gasteiger partial charge on any atom is -0.493 e. The summed E-state index contributed by atoms with van der Waals surface area (Å²) in [6.07, 6.45) is 1.66. The van der Waals surface area contributed by atoms with E-state index in [9.17, 15) is 9.59 Å². The van der Waals surface area contributed by atoms with Crippen LogP contribution in [-0.2, 0) is 4.79 Å². The fraction of sp³-hybridized carbons (Fsp3) is 0.235. The van der Waals surface area contributed by atoms with E-state index < -0.39 is 5.91 Å². The first-order chi connectivity index (χ1) is 11.9.